The van der Waals surface area contributed by atoms with Gasteiger partial charge < -0.3 is 0 Å². The van der Waals surface area contributed by atoms with Gasteiger partial charge in [0.2, 0.25) is 11.8 Å². The minimum Gasteiger partial charge on any atom is -0.298 e. The van der Waals surface area contributed by atoms with E-state index in [0.29, 0.717) is 29.7 Å². The van der Waals surface area contributed by atoms with Crippen LogP contribution >= 0.6 is 0 Å². The molecule has 0 aromatic carbocycles. The summed E-state index contributed by atoms with van der Waals surface area (Å²) in [5.74, 6) is -0.719. The fourth-order valence-electron chi connectivity index (χ4n) is 2.17. The lowest BCUT2D eigenvalue weighted by Crippen LogP contribution is -2.40. The number of carbonyl (C=O) groups is 3. The van der Waals surface area contributed by atoms with Crippen molar-refractivity contribution in [1.82, 2.24) is 19.9 Å². The van der Waals surface area contributed by atoms with Crippen LogP contribution in [0.25, 0.3) is 5.65 Å². The summed E-state index contributed by atoms with van der Waals surface area (Å²) in [7, 11) is 0. The van der Waals surface area contributed by atoms with Gasteiger partial charge in [-0.2, -0.15) is 0 Å². The van der Waals surface area contributed by atoms with Gasteiger partial charge in [0.05, 0.1) is 5.92 Å². The number of nitrogens with zero attached hydrogens (tertiary/aromatic N) is 3. The molecule has 0 bridgehead atoms. The highest BCUT2D eigenvalue weighted by molar-refractivity contribution is 6.00. The number of nitrogens with one attached hydrogen (secondary N) is 1. The van der Waals surface area contributed by atoms with E-state index in [1.54, 1.807) is 22.7 Å². The Morgan fingerprint density at radius 1 is 1.32 bits per heavy atom. The van der Waals surface area contributed by atoms with E-state index in [0.717, 1.165) is 0 Å². The molecule has 2 aromatic rings. The average Bonchev–Trinajstić information content (AvgIpc) is 2.81. The highest BCUT2D eigenvalue weighted by atomic mass is 16.2. The molecule has 1 unspecified atom stereocenters. The van der Waals surface area contributed by atoms with E-state index in [1.165, 1.54) is 0 Å². The summed E-state index contributed by atoms with van der Waals surface area (Å²) in [5, 5.41) is 10.2. The molecule has 19 heavy (non-hydrogen) atoms. The minimum atomic E-state index is -0.519. The first kappa shape index (κ1) is 11.5. The van der Waals surface area contributed by atoms with Gasteiger partial charge in [0.1, 0.15) is 5.82 Å². The number of hydrogen-bond acceptors (Lipinski definition) is 5. The van der Waals surface area contributed by atoms with Crippen LogP contribution in [0.4, 0.5) is 0 Å². The third-order valence-corrected chi connectivity index (χ3v) is 3.14. The lowest BCUT2D eigenvalue weighted by molar-refractivity contribution is -0.134. The lowest BCUT2D eigenvalue weighted by atomic mass is 9.97. The van der Waals surface area contributed by atoms with Crippen molar-refractivity contribution in [2.24, 2.45) is 0 Å². The SMILES string of the molecule is O=Cc1ccc2nnc(C3CCC(=O)NC3=O)n2c1. The van der Waals surface area contributed by atoms with Crippen molar-refractivity contribution in [3.63, 3.8) is 0 Å². The summed E-state index contributed by atoms with van der Waals surface area (Å²) >= 11 is 0. The number of aldehydes is 1. The Morgan fingerprint density at radius 2 is 2.16 bits per heavy atom. The standard InChI is InChI=1S/C12H10N4O3/c17-6-7-1-3-9-14-15-11(16(9)5-7)8-2-4-10(18)13-12(8)19/h1,3,5-6,8H,2,4H2,(H,13,18,19). The number of aromatic nitrogens is 3. The minimum absolute atomic E-state index is 0.274. The molecule has 2 amide bonds. The zero-order valence-corrected chi connectivity index (χ0v) is 9.87. The van der Waals surface area contributed by atoms with Crippen LogP contribution in [0.1, 0.15) is 34.9 Å². The van der Waals surface area contributed by atoms with Crippen molar-refractivity contribution < 1.29 is 14.4 Å². The summed E-state index contributed by atoms with van der Waals surface area (Å²) in [5.41, 5.74) is 1.03. The first-order chi connectivity index (χ1) is 9.19. The van der Waals surface area contributed by atoms with Crippen molar-refractivity contribution >= 4 is 23.7 Å². The number of rotatable bonds is 2. The molecular weight excluding hydrogens is 248 g/mol. The van der Waals surface area contributed by atoms with E-state index in [2.05, 4.69) is 15.5 Å². The molecule has 7 heteroatoms. The second kappa shape index (κ2) is 4.27. The number of carbonyl (C=O) groups excluding carboxylic acids is 3. The molecule has 1 aliphatic heterocycles. The van der Waals surface area contributed by atoms with E-state index < -0.39 is 5.92 Å². The van der Waals surface area contributed by atoms with Gasteiger partial charge in [-0.05, 0) is 18.6 Å². The van der Waals surface area contributed by atoms with Crippen LogP contribution in [0.15, 0.2) is 18.3 Å². The molecule has 1 saturated heterocycles. The van der Waals surface area contributed by atoms with Crippen LogP contribution in [-0.2, 0) is 9.59 Å². The fraction of sp³-hybridized carbons (Fsp3) is 0.250. The molecule has 2 aromatic heterocycles. The maximum Gasteiger partial charge on any atom is 0.237 e. The largest absolute Gasteiger partial charge is 0.298 e. The number of hydrogen-bond donors (Lipinski definition) is 1. The van der Waals surface area contributed by atoms with Gasteiger partial charge in [-0.1, -0.05) is 0 Å². The van der Waals surface area contributed by atoms with Crippen LogP contribution in [0.3, 0.4) is 0 Å². The Morgan fingerprint density at radius 3 is 2.89 bits per heavy atom. The number of fused-ring (bicyclic) bond motifs is 1. The van der Waals surface area contributed by atoms with Crippen LogP contribution in [-0.4, -0.2) is 32.7 Å². The molecule has 1 atom stereocenters. The van der Waals surface area contributed by atoms with Gasteiger partial charge in [-0.15, -0.1) is 10.2 Å². The highest BCUT2D eigenvalue weighted by Gasteiger charge is 2.31. The monoisotopic (exact) mass is 258 g/mol. The van der Waals surface area contributed by atoms with Crippen molar-refractivity contribution in [2.75, 3.05) is 0 Å². The van der Waals surface area contributed by atoms with Gasteiger partial charge in [-0.25, -0.2) is 0 Å². The maximum atomic E-state index is 11.8. The molecule has 0 aliphatic carbocycles. The molecule has 3 heterocycles. The molecule has 96 valence electrons. The Balaban J connectivity index is 2.07. The summed E-state index contributed by atoms with van der Waals surface area (Å²) in [4.78, 5) is 33.7. The normalized spacial score (nSPS) is 19.5. The molecule has 1 aliphatic rings. The molecule has 0 spiro atoms. The zero-order valence-electron chi connectivity index (χ0n) is 9.87. The van der Waals surface area contributed by atoms with Crippen molar-refractivity contribution in [1.29, 1.82) is 0 Å². The maximum absolute atomic E-state index is 11.8. The van der Waals surface area contributed by atoms with Crippen LogP contribution in [0.2, 0.25) is 0 Å². The van der Waals surface area contributed by atoms with Gasteiger partial charge >= 0.3 is 0 Å². The van der Waals surface area contributed by atoms with E-state index >= 15 is 0 Å². The van der Waals surface area contributed by atoms with E-state index in [4.69, 9.17) is 0 Å². The fourth-order valence-corrected chi connectivity index (χ4v) is 2.17. The summed E-state index contributed by atoms with van der Waals surface area (Å²) in [6.45, 7) is 0. The van der Waals surface area contributed by atoms with Crippen molar-refractivity contribution in [2.45, 2.75) is 18.8 Å². The number of amides is 2. The Bertz CT molecular complexity index is 691. The quantitative estimate of drug-likeness (QED) is 0.607. The molecule has 7 nitrogen and oxygen atoms in total. The topological polar surface area (TPSA) is 93.4 Å². The molecule has 1 N–H and O–H groups in total. The number of pyridine rings is 1. The second-order valence-electron chi connectivity index (χ2n) is 4.37. The first-order valence-electron chi connectivity index (χ1n) is 5.82. The van der Waals surface area contributed by atoms with Gasteiger partial charge in [0.25, 0.3) is 0 Å². The smallest absolute Gasteiger partial charge is 0.237 e. The molecule has 0 radical (unpaired) electrons. The third kappa shape index (κ3) is 1.88. The molecule has 1 fully saturated rings. The highest BCUT2D eigenvalue weighted by Crippen LogP contribution is 2.23. The Labute approximate surface area is 107 Å². The van der Waals surface area contributed by atoms with Crippen molar-refractivity contribution in [3.05, 3.63) is 29.7 Å². The predicted molar refractivity (Wildman–Crippen MR) is 63.5 cm³/mol. The van der Waals surface area contributed by atoms with Crippen LogP contribution in [0.5, 0.6) is 0 Å². The number of imide groups is 1. The van der Waals surface area contributed by atoms with E-state index in [-0.39, 0.29) is 18.2 Å². The summed E-state index contributed by atoms with van der Waals surface area (Å²) in [6, 6.07) is 3.29. The average molecular weight is 258 g/mol. The third-order valence-electron chi connectivity index (χ3n) is 3.14. The van der Waals surface area contributed by atoms with E-state index in [9.17, 15) is 14.4 Å². The zero-order chi connectivity index (χ0) is 13.4. The molecule has 3 rings (SSSR count). The van der Waals surface area contributed by atoms with Gasteiger partial charge in [0, 0.05) is 18.2 Å². The second-order valence-corrected chi connectivity index (χ2v) is 4.37. The Hall–Kier alpha value is -2.57. The molecule has 0 saturated carbocycles. The van der Waals surface area contributed by atoms with Crippen molar-refractivity contribution in [3.8, 4) is 0 Å². The van der Waals surface area contributed by atoms with E-state index in [1.807, 2.05) is 0 Å². The van der Waals surface area contributed by atoms with Gasteiger partial charge in [-0.3, -0.25) is 24.1 Å². The summed E-state index contributed by atoms with van der Waals surface area (Å²) < 4.78 is 1.61. The lowest BCUT2D eigenvalue weighted by Gasteiger charge is -2.19. The van der Waals surface area contributed by atoms with Crippen LogP contribution in [0, 0.1) is 0 Å². The summed E-state index contributed by atoms with van der Waals surface area (Å²) in [6.07, 6.45) is 2.98. The number of piperidine rings is 1. The van der Waals surface area contributed by atoms with Crippen LogP contribution < -0.4 is 5.32 Å². The predicted octanol–water partition coefficient (Wildman–Crippen LogP) is 0.0620. The Kier molecular flexibility index (Phi) is 2.59. The first-order valence-corrected chi connectivity index (χ1v) is 5.82. The molecular formula is C12H10N4O3. The van der Waals surface area contributed by atoms with Gasteiger partial charge in [0.15, 0.2) is 11.9 Å².